The zero-order valence-electron chi connectivity index (χ0n) is 12.6. The van der Waals surface area contributed by atoms with Crippen LogP contribution < -0.4 is 5.32 Å². The van der Waals surface area contributed by atoms with Crippen LogP contribution in [-0.2, 0) is 17.4 Å². The molecule has 2 aromatic carbocycles. The third-order valence-electron chi connectivity index (χ3n) is 3.28. The van der Waals surface area contributed by atoms with Crippen LogP contribution in [0.2, 0.25) is 5.02 Å². The van der Waals surface area contributed by atoms with Gasteiger partial charge in [0.2, 0.25) is 5.91 Å². The fourth-order valence-corrected chi connectivity index (χ4v) is 2.29. The molecule has 1 amide bonds. The molecule has 0 saturated heterocycles. The number of hydrogen-bond donors (Lipinski definition) is 1. The van der Waals surface area contributed by atoms with Gasteiger partial charge in [0.15, 0.2) is 0 Å². The Kier molecular flexibility index (Phi) is 6.04. The maximum absolute atomic E-state index is 12.8. The summed E-state index contributed by atoms with van der Waals surface area (Å²) in [5.41, 5.74) is 0.426. The minimum atomic E-state index is -4.53. The molecule has 0 radical (unpaired) electrons. The highest BCUT2D eigenvalue weighted by Gasteiger charge is 2.33. The molecule has 1 N–H and O–H groups in total. The molecule has 0 aromatic heterocycles. The van der Waals surface area contributed by atoms with Crippen LogP contribution in [0.25, 0.3) is 6.08 Å². The first-order valence-corrected chi connectivity index (χ1v) is 7.60. The Bertz CT molecular complexity index is 727. The molecular formula is C18H15ClF3NO. The predicted molar refractivity (Wildman–Crippen MR) is 88.6 cm³/mol. The van der Waals surface area contributed by atoms with Crippen LogP contribution in [0.3, 0.4) is 0 Å². The zero-order chi connectivity index (χ0) is 17.6. The van der Waals surface area contributed by atoms with Gasteiger partial charge in [-0.25, -0.2) is 0 Å². The molecule has 2 nitrogen and oxygen atoms in total. The van der Waals surface area contributed by atoms with Crippen LogP contribution >= 0.6 is 11.6 Å². The van der Waals surface area contributed by atoms with Gasteiger partial charge in [0.05, 0.1) is 10.6 Å². The van der Waals surface area contributed by atoms with E-state index in [1.807, 2.05) is 30.3 Å². The number of alkyl halides is 3. The van der Waals surface area contributed by atoms with E-state index in [2.05, 4.69) is 5.32 Å². The molecule has 2 rings (SSSR count). The van der Waals surface area contributed by atoms with E-state index in [4.69, 9.17) is 11.6 Å². The lowest BCUT2D eigenvalue weighted by Gasteiger charge is -2.09. The lowest BCUT2D eigenvalue weighted by molar-refractivity contribution is -0.137. The Balaban J connectivity index is 1.92. The Hall–Kier alpha value is -2.27. The smallest absolute Gasteiger partial charge is 0.352 e. The van der Waals surface area contributed by atoms with Crippen molar-refractivity contribution >= 4 is 23.6 Å². The summed E-state index contributed by atoms with van der Waals surface area (Å²) in [4.78, 5) is 11.7. The first-order valence-electron chi connectivity index (χ1n) is 7.23. The summed E-state index contributed by atoms with van der Waals surface area (Å²) in [5.74, 6) is -0.366. The van der Waals surface area contributed by atoms with Crippen LogP contribution in [0.4, 0.5) is 13.2 Å². The van der Waals surface area contributed by atoms with Crippen molar-refractivity contribution in [2.24, 2.45) is 0 Å². The Morgan fingerprint density at radius 3 is 2.50 bits per heavy atom. The van der Waals surface area contributed by atoms with E-state index in [-0.39, 0.29) is 16.5 Å². The minimum Gasteiger partial charge on any atom is -0.352 e. The summed E-state index contributed by atoms with van der Waals surface area (Å²) in [7, 11) is 0. The fourth-order valence-electron chi connectivity index (χ4n) is 2.07. The van der Waals surface area contributed by atoms with Gasteiger partial charge in [-0.3, -0.25) is 4.79 Å². The number of amides is 1. The van der Waals surface area contributed by atoms with Crippen LogP contribution in [0.5, 0.6) is 0 Å². The van der Waals surface area contributed by atoms with Crippen LogP contribution in [0, 0.1) is 0 Å². The van der Waals surface area contributed by atoms with Gasteiger partial charge in [0.25, 0.3) is 0 Å². The van der Waals surface area contributed by atoms with Crippen molar-refractivity contribution in [2.75, 3.05) is 6.54 Å². The van der Waals surface area contributed by atoms with E-state index < -0.39 is 11.7 Å². The average molecular weight is 354 g/mol. The summed E-state index contributed by atoms with van der Waals surface area (Å²) >= 11 is 5.55. The van der Waals surface area contributed by atoms with E-state index in [0.717, 1.165) is 17.7 Å². The molecule has 0 aliphatic heterocycles. The molecule has 0 fully saturated rings. The second-order valence-electron chi connectivity index (χ2n) is 5.10. The number of nitrogens with one attached hydrogen (secondary N) is 1. The van der Waals surface area contributed by atoms with Crippen molar-refractivity contribution in [3.8, 4) is 0 Å². The molecule has 24 heavy (non-hydrogen) atoms. The Labute approximate surface area is 142 Å². The van der Waals surface area contributed by atoms with Gasteiger partial charge in [0.1, 0.15) is 0 Å². The monoisotopic (exact) mass is 353 g/mol. The standard InChI is InChI=1S/C18H15ClF3NO/c19-16-8-6-14(12-15(16)18(20,21)22)7-9-17(24)23-11-10-13-4-2-1-3-5-13/h1-9,12H,10-11H2,(H,23,24)/b9-7+. The number of carbonyl (C=O) groups excluding carboxylic acids is 1. The minimum absolute atomic E-state index is 0.255. The molecular weight excluding hydrogens is 339 g/mol. The number of hydrogen-bond acceptors (Lipinski definition) is 1. The second kappa shape index (κ2) is 8.02. The summed E-state index contributed by atoms with van der Waals surface area (Å²) in [5, 5.41) is 2.32. The normalized spacial score (nSPS) is 11.7. The van der Waals surface area contributed by atoms with Crippen LogP contribution in [0.15, 0.2) is 54.6 Å². The molecule has 0 unspecified atom stereocenters. The molecule has 2 aromatic rings. The highest BCUT2D eigenvalue weighted by atomic mass is 35.5. The molecule has 6 heteroatoms. The van der Waals surface area contributed by atoms with Crippen LogP contribution in [-0.4, -0.2) is 12.5 Å². The highest BCUT2D eigenvalue weighted by Crippen LogP contribution is 2.35. The van der Waals surface area contributed by atoms with E-state index in [9.17, 15) is 18.0 Å². The van der Waals surface area contributed by atoms with E-state index in [1.54, 1.807) is 0 Å². The maximum Gasteiger partial charge on any atom is 0.417 e. The Morgan fingerprint density at radius 1 is 1.12 bits per heavy atom. The summed E-state index contributed by atoms with van der Waals surface area (Å²) < 4.78 is 38.3. The maximum atomic E-state index is 12.8. The number of carbonyl (C=O) groups is 1. The fraction of sp³-hybridized carbons (Fsp3) is 0.167. The van der Waals surface area contributed by atoms with Gasteiger partial charge < -0.3 is 5.32 Å². The van der Waals surface area contributed by atoms with Crippen LogP contribution in [0.1, 0.15) is 16.7 Å². The molecule has 0 spiro atoms. The molecule has 126 valence electrons. The van der Waals surface area contributed by atoms with Gasteiger partial charge in [-0.1, -0.05) is 48.0 Å². The number of halogens is 4. The molecule has 0 bridgehead atoms. The quantitative estimate of drug-likeness (QED) is 0.773. The molecule has 0 heterocycles. The first kappa shape index (κ1) is 18.1. The van der Waals surface area contributed by atoms with Crippen molar-refractivity contribution in [1.29, 1.82) is 0 Å². The third-order valence-corrected chi connectivity index (χ3v) is 3.61. The third kappa shape index (κ3) is 5.42. The van der Waals surface area contributed by atoms with Crippen molar-refractivity contribution in [2.45, 2.75) is 12.6 Å². The topological polar surface area (TPSA) is 29.1 Å². The lowest BCUT2D eigenvalue weighted by Crippen LogP contribution is -2.23. The summed E-state index contributed by atoms with van der Waals surface area (Å²) in [6.07, 6.45) is -1.32. The molecule has 0 atom stereocenters. The van der Waals surface area contributed by atoms with Crippen molar-refractivity contribution in [1.82, 2.24) is 5.32 Å². The highest BCUT2D eigenvalue weighted by molar-refractivity contribution is 6.31. The summed E-state index contributed by atoms with van der Waals surface area (Å²) in [6.45, 7) is 0.446. The predicted octanol–water partition coefficient (Wildman–Crippen LogP) is 4.73. The van der Waals surface area contributed by atoms with Crippen molar-refractivity contribution in [3.63, 3.8) is 0 Å². The molecule has 0 aliphatic carbocycles. The largest absolute Gasteiger partial charge is 0.417 e. The molecule has 0 aliphatic rings. The van der Waals surface area contributed by atoms with Crippen molar-refractivity contribution < 1.29 is 18.0 Å². The van der Waals surface area contributed by atoms with Gasteiger partial charge in [0, 0.05) is 12.6 Å². The second-order valence-corrected chi connectivity index (χ2v) is 5.50. The zero-order valence-corrected chi connectivity index (χ0v) is 13.4. The lowest BCUT2D eigenvalue weighted by atomic mass is 10.1. The van der Waals surface area contributed by atoms with E-state index in [1.165, 1.54) is 18.2 Å². The Morgan fingerprint density at radius 2 is 1.83 bits per heavy atom. The SMILES string of the molecule is O=C(/C=C/c1ccc(Cl)c(C(F)(F)F)c1)NCCc1ccccc1. The van der Waals surface area contributed by atoms with Crippen molar-refractivity contribution in [3.05, 3.63) is 76.3 Å². The number of rotatable bonds is 5. The van der Waals surface area contributed by atoms with E-state index >= 15 is 0 Å². The van der Waals surface area contributed by atoms with Gasteiger partial charge >= 0.3 is 6.18 Å². The molecule has 0 saturated carbocycles. The van der Waals surface area contributed by atoms with Gasteiger partial charge in [-0.15, -0.1) is 0 Å². The van der Waals surface area contributed by atoms with Gasteiger partial charge in [-0.05, 0) is 35.8 Å². The van der Waals surface area contributed by atoms with E-state index in [0.29, 0.717) is 13.0 Å². The first-order chi connectivity index (χ1) is 11.4. The number of benzene rings is 2. The summed E-state index contributed by atoms with van der Waals surface area (Å²) in [6, 6.07) is 13.1. The average Bonchev–Trinajstić information content (AvgIpc) is 2.54. The van der Waals surface area contributed by atoms with Gasteiger partial charge in [-0.2, -0.15) is 13.2 Å².